The number of fused-ring (bicyclic) bond motifs is 1. The quantitative estimate of drug-likeness (QED) is 0.470. The number of alkyl halides is 3. The summed E-state index contributed by atoms with van der Waals surface area (Å²) in [6.45, 7) is 0. The summed E-state index contributed by atoms with van der Waals surface area (Å²) in [4.78, 5) is 22.3. The van der Waals surface area contributed by atoms with Crippen LogP contribution in [0.3, 0.4) is 0 Å². The average molecular weight is 455 g/mol. The third kappa shape index (κ3) is 4.45. The summed E-state index contributed by atoms with van der Waals surface area (Å²) in [6.07, 6.45) is -3.43. The Kier molecular flexibility index (Phi) is 5.67. The van der Waals surface area contributed by atoms with Crippen molar-refractivity contribution in [1.82, 2.24) is 14.5 Å². The Bertz CT molecular complexity index is 1310. The van der Waals surface area contributed by atoms with E-state index in [2.05, 4.69) is 15.3 Å². The Morgan fingerprint density at radius 3 is 2.52 bits per heavy atom. The van der Waals surface area contributed by atoms with E-state index < -0.39 is 12.0 Å². The summed E-state index contributed by atoms with van der Waals surface area (Å²) in [7, 11) is 5.15. The lowest BCUT2D eigenvalue weighted by Crippen LogP contribution is -2.16. The Labute approximate surface area is 187 Å². The fourth-order valence-corrected chi connectivity index (χ4v) is 3.34. The Hall–Kier alpha value is -4.08. The predicted molar refractivity (Wildman–Crippen MR) is 119 cm³/mol. The van der Waals surface area contributed by atoms with Gasteiger partial charge in [-0.25, -0.2) is 9.97 Å². The molecule has 0 aliphatic rings. The summed E-state index contributed by atoms with van der Waals surface area (Å²) in [5.41, 5.74) is 1.83. The lowest BCUT2D eigenvalue weighted by Gasteiger charge is -2.14. The molecule has 33 heavy (non-hydrogen) atoms. The first-order valence-corrected chi connectivity index (χ1v) is 9.86. The number of carbonyl (C=O) groups is 1. The van der Waals surface area contributed by atoms with Crippen molar-refractivity contribution in [2.75, 3.05) is 31.4 Å². The van der Waals surface area contributed by atoms with E-state index >= 15 is 0 Å². The van der Waals surface area contributed by atoms with Crippen molar-refractivity contribution < 1.29 is 22.7 Å². The molecule has 0 aliphatic carbocycles. The lowest BCUT2D eigenvalue weighted by molar-refractivity contribution is -0.145. The van der Waals surface area contributed by atoms with E-state index in [1.54, 1.807) is 24.3 Å². The van der Waals surface area contributed by atoms with E-state index in [4.69, 9.17) is 4.74 Å². The second-order valence-electron chi connectivity index (χ2n) is 7.42. The van der Waals surface area contributed by atoms with Crippen LogP contribution in [0.25, 0.3) is 16.7 Å². The number of nitrogens with one attached hydrogen (secondary N) is 1. The zero-order valence-corrected chi connectivity index (χ0v) is 18.0. The summed E-state index contributed by atoms with van der Waals surface area (Å²) in [5.74, 6) is -0.853. The number of imidazole rings is 1. The van der Waals surface area contributed by atoms with E-state index in [0.29, 0.717) is 11.3 Å². The highest BCUT2D eigenvalue weighted by molar-refractivity contribution is 6.04. The second kappa shape index (κ2) is 8.45. The number of carbonyl (C=O) groups excluding carboxylic acids is 1. The number of rotatable bonds is 5. The van der Waals surface area contributed by atoms with Crippen molar-refractivity contribution in [3.63, 3.8) is 0 Å². The molecule has 0 atom stereocenters. The first-order chi connectivity index (χ1) is 15.7. The molecule has 0 saturated carbocycles. The molecule has 0 bridgehead atoms. The molecule has 0 spiro atoms. The van der Waals surface area contributed by atoms with Crippen LogP contribution >= 0.6 is 0 Å². The van der Waals surface area contributed by atoms with Crippen molar-refractivity contribution >= 4 is 28.4 Å². The Morgan fingerprint density at radius 1 is 1.09 bits per heavy atom. The van der Waals surface area contributed by atoms with E-state index in [-0.39, 0.29) is 28.4 Å². The SMILES string of the molecule is COc1ccc2c(c1)nc(C(F)(F)F)n2-c1ccc(NC(=O)c2cccc(N(C)C)c2)nc1. The summed E-state index contributed by atoms with van der Waals surface area (Å²) < 4.78 is 47.1. The van der Waals surface area contributed by atoms with Gasteiger partial charge in [-0.1, -0.05) is 6.07 Å². The molecule has 0 aliphatic heterocycles. The first-order valence-electron chi connectivity index (χ1n) is 9.86. The van der Waals surface area contributed by atoms with Gasteiger partial charge in [0.15, 0.2) is 0 Å². The maximum atomic E-state index is 13.7. The van der Waals surface area contributed by atoms with Crippen molar-refractivity contribution in [3.05, 3.63) is 72.2 Å². The zero-order chi connectivity index (χ0) is 23.8. The number of aromatic nitrogens is 3. The number of pyridine rings is 1. The van der Waals surface area contributed by atoms with Gasteiger partial charge in [0.05, 0.1) is 30.0 Å². The number of methoxy groups -OCH3 is 1. The molecule has 2 heterocycles. The van der Waals surface area contributed by atoms with Crippen molar-refractivity contribution in [1.29, 1.82) is 0 Å². The maximum Gasteiger partial charge on any atom is 0.450 e. The fourth-order valence-electron chi connectivity index (χ4n) is 3.34. The lowest BCUT2D eigenvalue weighted by atomic mass is 10.2. The molecular formula is C23H20F3N5O2. The molecule has 0 radical (unpaired) electrons. The van der Waals surface area contributed by atoms with Gasteiger partial charge in [0.25, 0.3) is 5.91 Å². The molecule has 10 heteroatoms. The van der Waals surface area contributed by atoms with E-state index in [1.807, 2.05) is 25.1 Å². The minimum Gasteiger partial charge on any atom is -0.497 e. The monoisotopic (exact) mass is 455 g/mol. The van der Waals surface area contributed by atoms with Crippen LogP contribution in [0.15, 0.2) is 60.8 Å². The molecule has 170 valence electrons. The van der Waals surface area contributed by atoms with Crippen LogP contribution in [-0.2, 0) is 6.18 Å². The Morgan fingerprint density at radius 2 is 1.88 bits per heavy atom. The van der Waals surface area contributed by atoms with Crippen LogP contribution in [-0.4, -0.2) is 41.6 Å². The highest BCUT2D eigenvalue weighted by Crippen LogP contribution is 2.34. The van der Waals surface area contributed by atoms with Gasteiger partial charge in [-0.2, -0.15) is 13.2 Å². The molecule has 4 aromatic rings. The molecule has 4 rings (SSSR count). The molecule has 1 N–H and O–H groups in total. The number of benzene rings is 2. The molecule has 1 amide bonds. The molecular weight excluding hydrogens is 435 g/mol. The number of hydrogen-bond donors (Lipinski definition) is 1. The van der Waals surface area contributed by atoms with Crippen molar-refractivity contribution in [3.8, 4) is 11.4 Å². The van der Waals surface area contributed by atoms with Crippen molar-refractivity contribution in [2.45, 2.75) is 6.18 Å². The number of nitrogens with zero attached hydrogens (tertiary/aromatic N) is 4. The van der Waals surface area contributed by atoms with Crippen LogP contribution in [0.1, 0.15) is 16.2 Å². The summed E-state index contributed by atoms with van der Waals surface area (Å²) in [6, 6.07) is 14.4. The minimum absolute atomic E-state index is 0.139. The molecule has 0 unspecified atom stereocenters. The minimum atomic E-state index is -4.68. The van der Waals surface area contributed by atoms with Crippen LogP contribution < -0.4 is 15.0 Å². The van der Waals surface area contributed by atoms with Gasteiger partial charge in [-0.15, -0.1) is 0 Å². The van der Waals surface area contributed by atoms with Gasteiger partial charge in [0.1, 0.15) is 11.6 Å². The zero-order valence-electron chi connectivity index (χ0n) is 18.0. The van der Waals surface area contributed by atoms with Gasteiger partial charge in [-0.3, -0.25) is 9.36 Å². The largest absolute Gasteiger partial charge is 0.497 e. The maximum absolute atomic E-state index is 13.7. The number of anilines is 2. The van der Waals surface area contributed by atoms with E-state index in [1.165, 1.54) is 37.6 Å². The predicted octanol–water partition coefficient (Wildman–Crippen LogP) is 4.77. The Balaban J connectivity index is 1.66. The average Bonchev–Trinajstić information content (AvgIpc) is 3.19. The van der Waals surface area contributed by atoms with Gasteiger partial charge in [0, 0.05) is 31.4 Å². The van der Waals surface area contributed by atoms with Gasteiger partial charge in [0.2, 0.25) is 5.82 Å². The number of ether oxygens (including phenoxy) is 1. The van der Waals surface area contributed by atoms with Gasteiger partial charge < -0.3 is 15.0 Å². The highest BCUT2D eigenvalue weighted by Gasteiger charge is 2.38. The molecule has 0 fully saturated rings. The summed E-state index contributed by atoms with van der Waals surface area (Å²) >= 11 is 0. The number of hydrogen-bond acceptors (Lipinski definition) is 5. The second-order valence-corrected chi connectivity index (χ2v) is 7.42. The standard InChI is InChI=1S/C23H20F3N5O2/c1-30(2)15-6-4-5-14(11-15)21(32)29-20-10-7-16(13-27-20)31-19-9-8-17(33-3)12-18(19)28-22(31)23(24,25)26/h4-13H,1-3H3,(H,27,29,32). The highest BCUT2D eigenvalue weighted by atomic mass is 19.4. The van der Waals surface area contributed by atoms with Crippen LogP contribution in [0.2, 0.25) is 0 Å². The van der Waals surface area contributed by atoms with Gasteiger partial charge >= 0.3 is 6.18 Å². The third-order valence-corrected chi connectivity index (χ3v) is 4.99. The fraction of sp³-hybridized carbons (Fsp3) is 0.174. The van der Waals surface area contributed by atoms with E-state index in [0.717, 1.165) is 10.3 Å². The molecule has 2 aromatic heterocycles. The van der Waals surface area contributed by atoms with Crippen LogP contribution in [0.4, 0.5) is 24.7 Å². The normalized spacial score (nSPS) is 11.5. The van der Waals surface area contributed by atoms with Crippen LogP contribution in [0, 0.1) is 0 Å². The third-order valence-electron chi connectivity index (χ3n) is 4.99. The number of amides is 1. The molecule has 0 saturated heterocycles. The van der Waals surface area contributed by atoms with Gasteiger partial charge in [-0.05, 0) is 42.5 Å². The smallest absolute Gasteiger partial charge is 0.450 e. The molecule has 2 aromatic carbocycles. The first kappa shape index (κ1) is 22.1. The van der Waals surface area contributed by atoms with E-state index in [9.17, 15) is 18.0 Å². The molecule has 7 nitrogen and oxygen atoms in total. The number of halogens is 3. The van der Waals surface area contributed by atoms with Crippen LogP contribution in [0.5, 0.6) is 5.75 Å². The summed E-state index contributed by atoms with van der Waals surface area (Å²) in [5, 5.41) is 2.66. The topological polar surface area (TPSA) is 72.3 Å². The van der Waals surface area contributed by atoms with Crippen molar-refractivity contribution in [2.24, 2.45) is 0 Å².